The van der Waals surface area contributed by atoms with E-state index in [1.165, 1.54) is 0 Å². The molecule has 0 aliphatic carbocycles. The van der Waals surface area contributed by atoms with Crippen molar-refractivity contribution in [3.8, 4) is 0 Å². The number of anilines is 1. The Balaban J connectivity index is 1.86. The molecule has 1 aromatic rings. The summed E-state index contributed by atoms with van der Waals surface area (Å²) in [7, 11) is 0. The molecule has 2 saturated heterocycles. The lowest BCUT2D eigenvalue weighted by Gasteiger charge is -2.40. The third-order valence-corrected chi connectivity index (χ3v) is 5.49. The molecule has 6 heteroatoms. The number of nitrogens with zero attached hydrogens (tertiary/aromatic N) is 2. The maximum absolute atomic E-state index is 13.4. The third kappa shape index (κ3) is 4.01. The van der Waals surface area contributed by atoms with E-state index in [9.17, 15) is 14.7 Å². The van der Waals surface area contributed by atoms with Crippen LogP contribution in [0.1, 0.15) is 45.4 Å². The number of hydrogen-bond acceptors (Lipinski definition) is 3. The van der Waals surface area contributed by atoms with Crippen molar-refractivity contribution in [2.75, 3.05) is 18.0 Å². The lowest BCUT2D eigenvalue weighted by molar-refractivity contribution is -0.141. The van der Waals surface area contributed by atoms with Gasteiger partial charge in [-0.3, -0.25) is 4.90 Å². The van der Waals surface area contributed by atoms with Crippen LogP contribution >= 0.6 is 0 Å². The Labute approximate surface area is 155 Å². The Morgan fingerprint density at radius 2 is 2.04 bits per heavy atom. The first kappa shape index (κ1) is 18.7. The summed E-state index contributed by atoms with van der Waals surface area (Å²) in [5, 5.41) is 13.0. The van der Waals surface area contributed by atoms with E-state index >= 15 is 0 Å². The van der Waals surface area contributed by atoms with Crippen molar-refractivity contribution in [2.24, 2.45) is 0 Å². The standard InChI is InChI=1S/C20H29N3O3/c1-2-7-15-14-17(11-12-21-15)23(16-8-4-3-5-9-16)20(26)22-13-6-10-18(22)19(24)25/h3-5,8-9,15,17-18,21H,2,6-7,10-14H2,1H3,(H,24,25)/t15-,17-,18+/m0/s1. The van der Waals surface area contributed by atoms with Crippen LogP contribution < -0.4 is 10.2 Å². The van der Waals surface area contributed by atoms with Crippen LogP contribution in [0.5, 0.6) is 0 Å². The van der Waals surface area contributed by atoms with Crippen molar-refractivity contribution in [2.45, 2.75) is 63.6 Å². The maximum atomic E-state index is 13.4. The lowest BCUT2D eigenvalue weighted by Crippen LogP contribution is -2.55. The van der Waals surface area contributed by atoms with Crippen molar-refractivity contribution >= 4 is 17.7 Å². The fourth-order valence-corrected chi connectivity index (χ4v) is 4.24. The Morgan fingerprint density at radius 1 is 1.27 bits per heavy atom. The highest BCUT2D eigenvalue weighted by atomic mass is 16.4. The molecule has 0 saturated carbocycles. The summed E-state index contributed by atoms with van der Waals surface area (Å²) in [6.07, 6.45) is 5.27. The molecule has 142 valence electrons. The molecule has 3 rings (SSSR count). The van der Waals surface area contributed by atoms with Gasteiger partial charge in [0.05, 0.1) is 0 Å². The van der Waals surface area contributed by atoms with E-state index < -0.39 is 12.0 Å². The summed E-state index contributed by atoms with van der Waals surface area (Å²) in [5.41, 5.74) is 0.857. The molecule has 2 aliphatic heterocycles. The minimum Gasteiger partial charge on any atom is -0.480 e. The molecule has 0 radical (unpaired) electrons. The SMILES string of the molecule is CCC[C@H]1C[C@@H](N(C(=O)N2CCC[C@@H]2C(=O)O)c2ccccc2)CCN1. The minimum atomic E-state index is -0.905. The summed E-state index contributed by atoms with van der Waals surface area (Å²) in [4.78, 5) is 28.4. The fraction of sp³-hybridized carbons (Fsp3) is 0.600. The molecular formula is C20H29N3O3. The molecule has 0 unspecified atom stereocenters. The summed E-state index contributed by atoms with van der Waals surface area (Å²) in [5.74, 6) is -0.905. The second kappa shape index (κ2) is 8.54. The first-order chi connectivity index (χ1) is 12.6. The van der Waals surface area contributed by atoms with Crippen molar-refractivity contribution in [3.63, 3.8) is 0 Å². The number of para-hydroxylation sites is 1. The first-order valence-corrected chi connectivity index (χ1v) is 9.73. The smallest absolute Gasteiger partial charge is 0.326 e. The third-order valence-electron chi connectivity index (χ3n) is 5.49. The number of carbonyl (C=O) groups excluding carboxylic acids is 1. The number of nitrogens with one attached hydrogen (secondary N) is 1. The van der Waals surface area contributed by atoms with Gasteiger partial charge in [0.1, 0.15) is 6.04 Å². The van der Waals surface area contributed by atoms with Crippen LogP contribution in [0.4, 0.5) is 10.5 Å². The van der Waals surface area contributed by atoms with E-state index in [-0.39, 0.29) is 12.1 Å². The van der Waals surface area contributed by atoms with E-state index in [1.54, 1.807) is 4.90 Å². The van der Waals surface area contributed by atoms with E-state index in [1.807, 2.05) is 35.2 Å². The number of carbonyl (C=O) groups is 2. The van der Waals surface area contributed by atoms with Gasteiger partial charge < -0.3 is 15.3 Å². The molecule has 6 nitrogen and oxygen atoms in total. The molecule has 0 aromatic heterocycles. The van der Waals surface area contributed by atoms with E-state index in [4.69, 9.17) is 0 Å². The number of aliphatic carboxylic acids is 1. The van der Waals surface area contributed by atoms with Gasteiger partial charge in [0.15, 0.2) is 0 Å². The second-order valence-electron chi connectivity index (χ2n) is 7.30. The molecule has 2 N–H and O–H groups in total. The molecule has 0 spiro atoms. The van der Waals surface area contributed by atoms with Crippen LogP contribution in [0.3, 0.4) is 0 Å². The van der Waals surface area contributed by atoms with E-state index in [0.29, 0.717) is 19.0 Å². The number of carboxylic acid groups (broad SMARTS) is 1. The maximum Gasteiger partial charge on any atom is 0.326 e. The average Bonchev–Trinajstić information content (AvgIpc) is 3.14. The zero-order valence-corrected chi connectivity index (χ0v) is 15.4. The Morgan fingerprint density at radius 3 is 2.73 bits per heavy atom. The van der Waals surface area contributed by atoms with Gasteiger partial charge in [-0.2, -0.15) is 0 Å². The summed E-state index contributed by atoms with van der Waals surface area (Å²) in [6.45, 7) is 3.57. The van der Waals surface area contributed by atoms with Crippen molar-refractivity contribution in [1.29, 1.82) is 0 Å². The highest BCUT2D eigenvalue weighted by Gasteiger charge is 2.39. The highest BCUT2D eigenvalue weighted by molar-refractivity contribution is 5.95. The van der Waals surface area contributed by atoms with Crippen LogP contribution in [0.15, 0.2) is 30.3 Å². The summed E-state index contributed by atoms with van der Waals surface area (Å²) in [6, 6.07) is 9.32. The normalized spacial score (nSPS) is 25.9. The van der Waals surface area contributed by atoms with Gasteiger partial charge in [0, 0.05) is 24.3 Å². The molecule has 2 aliphatic rings. The first-order valence-electron chi connectivity index (χ1n) is 9.73. The van der Waals surface area contributed by atoms with Crippen LogP contribution in [0, 0.1) is 0 Å². The molecule has 0 bridgehead atoms. The monoisotopic (exact) mass is 359 g/mol. The molecule has 2 amide bonds. The Bertz CT molecular complexity index is 620. The topological polar surface area (TPSA) is 72.9 Å². The molecular weight excluding hydrogens is 330 g/mol. The van der Waals surface area contributed by atoms with Crippen LogP contribution in [-0.4, -0.2) is 53.2 Å². The number of urea groups is 1. The largest absolute Gasteiger partial charge is 0.480 e. The number of benzene rings is 1. The van der Waals surface area contributed by atoms with E-state index in [0.717, 1.165) is 44.3 Å². The van der Waals surface area contributed by atoms with Crippen LogP contribution in [0.2, 0.25) is 0 Å². The quantitative estimate of drug-likeness (QED) is 0.847. The van der Waals surface area contributed by atoms with Gasteiger partial charge in [0.2, 0.25) is 0 Å². The van der Waals surface area contributed by atoms with Crippen molar-refractivity contribution in [3.05, 3.63) is 30.3 Å². The summed E-state index contributed by atoms with van der Waals surface area (Å²) < 4.78 is 0. The van der Waals surface area contributed by atoms with Gasteiger partial charge in [-0.15, -0.1) is 0 Å². The Hall–Kier alpha value is -2.08. The molecule has 26 heavy (non-hydrogen) atoms. The predicted octanol–water partition coefficient (Wildman–Crippen LogP) is 3.08. The van der Waals surface area contributed by atoms with Crippen LogP contribution in [0.25, 0.3) is 0 Å². The van der Waals surface area contributed by atoms with Crippen molar-refractivity contribution in [1.82, 2.24) is 10.2 Å². The highest BCUT2D eigenvalue weighted by Crippen LogP contribution is 2.28. The zero-order chi connectivity index (χ0) is 18.5. The predicted molar refractivity (Wildman–Crippen MR) is 101 cm³/mol. The summed E-state index contributed by atoms with van der Waals surface area (Å²) >= 11 is 0. The molecule has 1 aromatic carbocycles. The number of amides is 2. The van der Waals surface area contributed by atoms with E-state index in [2.05, 4.69) is 12.2 Å². The zero-order valence-electron chi connectivity index (χ0n) is 15.4. The number of piperidine rings is 1. The van der Waals surface area contributed by atoms with Gasteiger partial charge >= 0.3 is 12.0 Å². The van der Waals surface area contributed by atoms with Gasteiger partial charge in [-0.25, -0.2) is 9.59 Å². The molecule has 2 fully saturated rings. The van der Waals surface area contributed by atoms with Gasteiger partial charge in [-0.1, -0.05) is 31.5 Å². The number of carboxylic acids is 1. The Kier molecular flexibility index (Phi) is 6.14. The fourth-order valence-electron chi connectivity index (χ4n) is 4.24. The average molecular weight is 359 g/mol. The molecule has 2 heterocycles. The van der Waals surface area contributed by atoms with Crippen LogP contribution in [-0.2, 0) is 4.79 Å². The van der Waals surface area contributed by atoms with Gasteiger partial charge in [0.25, 0.3) is 0 Å². The van der Waals surface area contributed by atoms with Crippen molar-refractivity contribution < 1.29 is 14.7 Å². The molecule has 3 atom stereocenters. The number of hydrogen-bond donors (Lipinski definition) is 2. The number of rotatable bonds is 5. The second-order valence-corrected chi connectivity index (χ2v) is 7.30. The lowest BCUT2D eigenvalue weighted by atomic mass is 9.94. The minimum absolute atomic E-state index is 0.0951. The number of likely N-dealkylation sites (tertiary alicyclic amines) is 1. The van der Waals surface area contributed by atoms with Gasteiger partial charge in [-0.05, 0) is 50.8 Å².